The molecule has 0 spiro atoms. The summed E-state index contributed by atoms with van der Waals surface area (Å²) in [4.78, 5) is 12.1. The lowest BCUT2D eigenvalue weighted by Gasteiger charge is -2.26. The molecule has 0 amide bonds. The van der Waals surface area contributed by atoms with Crippen LogP contribution in [-0.2, 0) is 0 Å². The third-order valence-electron chi connectivity index (χ3n) is 4.76. The highest BCUT2D eigenvalue weighted by molar-refractivity contribution is 5.77. The number of hydrogen-bond donors (Lipinski definition) is 0. The van der Waals surface area contributed by atoms with E-state index in [1.807, 2.05) is 12.3 Å². The number of imidazole rings is 1. The normalized spacial score (nSPS) is 18.8. The summed E-state index contributed by atoms with van der Waals surface area (Å²) in [6, 6.07) is 12.6. The van der Waals surface area contributed by atoms with Gasteiger partial charge in [0.1, 0.15) is 11.3 Å². The van der Waals surface area contributed by atoms with Gasteiger partial charge in [0.2, 0.25) is 0 Å². The molecule has 23 heavy (non-hydrogen) atoms. The second-order valence-corrected chi connectivity index (χ2v) is 6.27. The number of benzene rings is 1. The SMILES string of the molecule is CCN1CCCC1n1c(-c2cccc(C)c2)nc2cccnc21. The standard InChI is InChI=1S/C19H22N4/c1-3-22-12-6-10-17(22)23-18(15-8-4-7-14(2)13-15)21-16-9-5-11-20-19(16)23/h4-5,7-9,11,13,17H,3,6,10,12H2,1-2H3. The Kier molecular flexibility index (Phi) is 3.62. The summed E-state index contributed by atoms with van der Waals surface area (Å²) < 4.78 is 2.35. The van der Waals surface area contributed by atoms with Gasteiger partial charge in [0.25, 0.3) is 0 Å². The lowest BCUT2D eigenvalue weighted by molar-refractivity contribution is 0.209. The molecule has 0 saturated carbocycles. The Hall–Kier alpha value is -2.20. The average Bonchev–Trinajstić information content (AvgIpc) is 3.18. The van der Waals surface area contributed by atoms with Crippen LogP contribution in [-0.4, -0.2) is 32.5 Å². The molecule has 1 aromatic carbocycles. The van der Waals surface area contributed by atoms with Crippen molar-refractivity contribution >= 4 is 11.2 Å². The minimum Gasteiger partial charge on any atom is -0.292 e. The Morgan fingerprint density at radius 3 is 2.96 bits per heavy atom. The van der Waals surface area contributed by atoms with Crippen molar-refractivity contribution < 1.29 is 0 Å². The first-order valence-electron chi connectivity index (χ1n) is 8.42. The molecule has 118 valence electrons. The summed E-state index contributed by atoms with van der Waals surface area (Å²) in [5.74, 6) is 1.03. The van der Waals surface area contributed by atoms with E-state index in [1.54, 1.807) is 0 Å². The van der Waals surface area contributed by atoms with E-state index >= 15 is 0 Å². The highest BCUT2D eigenvalue weighted by Crippen LogP contribution is 2.34. The quantitative estimate of drug-likeness (QED) is 0.733. The molecule has 1 aliphatic rings. The maximum absolute atomic E-state index is 4.91. The van der Waals surface area contributed by atoms with Crippen molar-refractivity contribution in [2.45, 2.75) is 32.9 Å². The van der Waals surface area contributed by atoms with Crippen molar-refractivity contribution in [3.63, 3.8) is 0 Å². The fraction of sp³-hybridized carbons (Fsp3) is 0.368. The van der Waals surface area contributed by atoms with Gasteiger partial charge in [-0.1, -0.05) is 30.7 Å². The van der Waals surface area contributed by atoms with Crippen molar-refractivity contribution in [3.05, 3.63) is 48.2 Å². The van der Waals surface area contributed by atoms with Gasteiger partial charge in [-0.3, -0.25) is 9.47 Å². The molecule has 0 bridgehead atoms. The number of nitrogens with zero attached hydrogens (tertiary/aromatic N) is 4. The third kappa shape index (κ3) is 2.43. The van der Waals surface area contributed by atoms with Crippen LogP contribution in [0.15, 0.2) is 42.6 Å². The zero-order chi connectivity index (χ0) is 15.8. The number of aromatic nitrogens is 3. The molecule has 4 heteroatoms. The first kappa shape index (κ1) is 14.4. The molecule has 4 nitrogen and oxygen atoms in total. The van der Waals surface area contributed by atoms with Crippen molar-refractivity contribution in [2.24, 2.45) is 0 Å². The van der Waals surface area contributed by atoms with E-state index in [1.165, 1.54) is 17.5 Å². The van der Waals surface area contributed by atoms with Crippen LogP contribution in [0, 0.1) is 6.92 Å². The van der Waals surface area contributed by atoms with E-state index in [-0.39, 0.29) is 0 Å². The molecule has 2 aromatic heterocycles. The summed E-state index contributed by atoms with van der Waals surface area (Å²) in [7, 11) is 0. The van der Waals surface area contributed by atoms with Crippen LogP contribution >= 0.6 is 0 Å². The molecule has 0 radical (unpaired) electrons. The minimum absolute atomic E-state index is 0.357. The van der Waals surface area contributed by atoms with E-state index in [0.29, 0.717) is 6.17 Å². The molecular weight excluding hydrogens is 284 g/mol. The Bertz CT molecular complexity index is 836. The zero-order valence-electron chi connectivity index (χ0n) is 13.7. The van der Waals surface area contributed by atoms with Crippen molar-refractivity contribution in [2.75, 3.05) is 13.1 Å². The molecule has 1 saturated heterocycles. The van der Waals surface area contributed by atoms with Crippen molar-refractivity contribution in [1.82, 2.24) is 19.4 Å². The van der Waals surface area contributed by atoms with Gasteiger partial charge in [-0.2, -0.15) is 0 Å². The maximum atomic E-state index is 4.91. The van der Waals surface area contributed by atoms with E-state index in [2.05, 4.69) is 58.6 Å². The summed E-state index contributed by atoms with van der Waals surface area (Å²) in [6.07, 6.45) is 4.62. The molecule has 1 fully saturated rings. The van der Waals surface area contributed by atoms with E-state index in [9.17, 15) is 0 Å². The number of rotatable bonds is 3. The number of aryl methyl sites for hydroxylation is 1. The molecule has 1 aliphatic heterocycles. The zero-order valence-corrected chi connectivity index (χ0v) is 13.7. The first-order chi connectivity index (χ1) is 11.3. The lowest BCUT2D eigenvalue weighted by Crippen LogP contribution is -2.27. The Morgan fingerprint density at radius 1 is 1.22 bits per heavy atom. The predicted octanol–water partition coefficient (Wildman–Crippen LogP) is 4.02. The van der Waals surface area contributed by atoms with E-state index in [0.717, 1.165) is 36.5 Å². The van der Waals surface area contributed by atoms with Gasteiger partial charge < -0.3 is 0 Å². The molecular formula is C19H22N4. The maximum Gasteiger partial charge on any atom is 0.161 e. The monoisotopic (exact) mass is 306 g/mol. The van der Waals surface area contributed by atoms with Crippen LogP contribution in [0.1, 0.15) is 31.5 Å². The fourth-order valence-corrected chi connectivity index (χ4v) is 3.67. The lowest BCUT2D eigenvalue weighted by atomic mass is 10.1. The van der Waals surface area contributed by atoms with Crippen molar-refractivity contribution in [1.29, 1.82) is 0 Å². The third-order valence-corrected chi connectivity index (χ3v) is 4.76. The van der Waals surface area contributed by atoms with Crippen LogP contribution in [0.25, 0.3) is 22.6 Å². The largest absolute Gasteiger partial charge is 0.292 e. The Morgan fingerprint density at radius 2 is 2.13 bits per heavy atom. The molecule has 3 aromatic rings. The van der Waals surface area contributed by atoms with Gasteiger partial charge in [0, 0.05) is 18.3 Å². The summed E-state index contributed by atoms with van der Waals surface area (Å²) >= 11 is 0. The average molecular weight is 306 g/mol. The highest BCUT2D eigenvalue weighted by atomic mass is 15.3. The first-order valence-corrected chi connectivity index (χ1v) is 8.42. The van der Waals surface area contributed by atoms with Crippen LogP contribution in [0.5, 0.6) is 0 Å². The molecule has 1 atom stereocenters. The summed E-state index contributed by atoms with van der Waals surface area (Å²) in [5.41, 5.74) is 4.40. The molecule has 4 rings (SSSR count). The van der Waals surface area contributed by atoms with Gasteiger partial charge in [-0.15, -0.1) is 0 Å². The van der Waals surface area contributed by atoms with Crippen molar-refractivity contribution in [3.8, 4) is 11.4 Å². The second-order valence-electron chi connectivity index (χ2n) is 6.27. The highest BCUT2D eigenvalue weighted by Gasteiger charge is 2.29. The topological polar surface area (TPSA) is 34.0 Å². The fourth-order valence-electron chi connectivity index (χ4n) is 3.67. The minimum atomic E-state index is 0.357. The Balaban J connectivity index is 1.95. The molecule has 1 unspecified atom stereocenters. The van der Waals surface area contributed by atoms with Gasteiger partial charge in [-0.25, -0.2) is 9.97 Å². The van der Waals surface area contributed by atoms with Gasteiger partial charge in [0.15, 0.2) is 5.65 Å². The van der Waals surface area contributed by atoms with Crippen LogP contribution in [0.4, 0.5) is 0 Å². The van der Waals surface area contributed by atoms with E-state index in [4.69, 9.17) is 4.98 Å². The molecule has 3 heterocycles. The number of pyridine rings is 1. The summed E-state index contributed by atoms with van der Waals surface area (Å²) in [5, 5.41) is 0. The molecule has 0 N–H and O–H groups in total. The smallest absolute Gasteiger partial charge is 0.161 e. The predicted molar refractivity (Wildman–Crippen MR) is 93.2 cm³/mol. The number of hydrogen-bond acceptors (Lipinski definition) is 3. The second kappa shape index (κ2) is 5.78. The van der Waals surface area contributed by atoms with Crippen LogP contribution in [0.3, 0.4) is 0 Å². The van der Waals surface area contributed by atoms with Gasteiger partial charge >= 0.3 is 0 Å². The summed E-state index contributed by atoms with van der Waals surface area (Å²) in [6.45, 7) is 6.57. The number of likely N-dealkylation sites (tertiary alicyclic amines) is 1. The van der Waals surface area contributed by atoms with Crippen LogP contribution in [0.2, 0.25) is 0 Å². The van der Waals surface area contributed by atoms with Gasteiger partial charge in [0.05, 0.1) is 6.17 Å². The van der Waals surface area contributed by atoms with Crippen LogP contribution < -0.4 is 0 Å². The molecule has 0 aliphatic carbocycles. The van der Waals surface area contributed by atoms with Gasteiger partial charge in [-0.05, 0) is 44.5 Å². The Labute approximate surface area is 136 Å². The van der Waals surface area contributed by atoms with E-state index < -0.39 is 0 Å². The number of fused-ring (bicyclic) bond motifs is 1.